The molecule has 0 aliphatic rings. The van der Waals surface area contributed by atoms with Crippen LogP contribution in [0, 0.1) is 0 Å². The normalized spacial score (nSPS) is 10.8. The maximum absolute atomic E-state index is 12.2. The zero-order chi connectivity index (χ0) is 19.2. The summed E-state index contributed by atoms with van der Waals surface area (Å²) in [7, 11) is -2.59. The molecule has 26 heavy (non-hydrogen) atoms. The SMILES string of the molecule is CCCOC(=O)c1ccc(C(=O)NS(=O)(=O)c2ccc(OC)cc2)cn1. The van der Waals surface area contributed by atoms with Crippen molar-refractivity contribution in [1.29, 1.82) is 0 Å². The average molecular weight is 378 g/mol. The van der Waals surface area contributed by atoms with Gasteiger partial charge < -0.3 is 9.47 Å². The minimum atomic E-state index is -4.05. The summed E-state index contributed by atoms with van der Waals surface area (Å²) in [5, 5.41) is 0. The standard InChI is InChI=1S/C17H18N2O6S/c1-3-10-25-17(21)15-9-4-12(11-18-15)16(20)19-26(22,23)14-7-5-13(24-2)6-8-14/h4-9,11H,3,10H2,1-2H3,(H,19,20). The molecule has 8 nitrogen and oxygen atoms in total. The molecule has 0 radical (unpaired) electrons. The molecule has 0 aliphatic carbocycles. The van der Waals surface area contributed by atoms with E-state index in [-0.39, 0.29) is 22.8 Å². The number of sulfonamides is 1. The quantitative estimate of drug-likeness (QED) is 0.731. The second kappa shape index (κ2) is 8.43. The number of esters is 1. The van der Waals surface area contributed by atoms with Gasteiger partial charge in [0, 0.05) is 6.20 Å². The van der Waals surface area contributed by atoms with Gasteiger partial charge in [-0.1, -0.05) is 6.92 Å². The van der Waals surface area contributed by atoms with Gasteiger partial charge in [0.2, 0.25) is 0 Å². The fraction of sp³-hybridized carbons (Fsp3) is 0.235. The molecule has 0 saturated carbocycles. The second-order valence-electron chi connectivity index (χ2n) is 5.18. The number of ether oxygens (including phenoxy) is 2. The Hall–Kier alpha value is -2.94. The van der Waals surface area contributed by atoms with Crippen molar-refractivity contribution in [2.24, 2.45) is 0 Å². The van der Waals surface area contributed by atoms with E-state index in [2.05, 4.69) is 4.98 Å². The van der Waals surface area contributed by atoms with Crippen LogP contribution in [0.25, 0.3) is 0 Å². The van der Waals surface area contributed by atoms with E-state index in [1.54, 1.807) is 0 Å². The van der Waals surface area contributed by atoms with Gasteiger partial charge in [-0.2, -0.15) is 0 Å². The zero-order valence-electron chi connectivity index (χ0n) is 14.3. The molecule has 1 aromatic heterocycles. The first-order valence-corrected chi connectivity index (χ1v) is 9.20. The van der Waals surface area contributed by atoms with Gasteiger partial charge in [-0.25, -0.2) is 22.9 Å². The molecule has 1 amide bonds. The van der Waals surface area contributed by atoms with Gasteiger partial charge in [-0.3, -0.25) is 4.79 Å². The Labute approximate surface area is 151 Å². The van der Waals surface area contributed by atoms with Crippen LogP contribution in [0.3, 0.4) is 0 Å². The Kier molecular flexibility index (Phi) is 6.29. The molecule has 0 fully saturated rings. The van der Waals surface area contributed by atoms with Crippen LogP contribution in [0.5, 0.6) is 5.75 Å². The Bertz CT molecular complexity index is 876. The first-order chi connectivity index (χ1) is 12.4. The largest absolute Gasteiger partial charge is 0.497 e. The highest BCUT2D eigenvalue weighted by atomic mass is 32.2. The van der Waals surface area contributed by atoms with Crippen LogP contribution in [-0.4, -0.2) is 39.0 Å². The average Bonchev–Trinajstić information content (AvgIpc) is 2.65. The van der Waals surface area contributed by atoms with Crippen molar-refractivity contribution in [2.75, 3.05) is 13.7 Å². The third-order valence-corrected chi connectivity index (χ3v) is 4.62. The third-order valence-electron chi connectivity index (χ3n) is 3.27. The fourth-order valence-corrected chi connectivity index (χ4v) is 2.89. The van der Waals surface area contributed by atoms with E-state index in [4.69, 9.17) is 9.47 Å². The lowest BCUT2D eigenvalue weighted by atomic mass is 10.2. The number of carbonyl (C=O) groups excluding carboxylic acids is 2. The predicted octanol–water partition coefficient (Wildman–Crippen LogP) is 1.78. The van der Waals surface area contributed by atoms with E-state index in [9.17, 15) is 18.0 Å². The minimum absolute atomic E-state index is 0.00544. The van der Waals surface area contributed by atoms with E-state index < -0.39 is 21.9 Å². The van der Waals surface area contributed by atoms with Gasteiger partial charge in [0.15, 0.2) is 0 Å². The molecule has 2 aromatic rings. The number of amides is 1. The number of methoxy groups -OCH3 is 1. The van der Waals surface area contributed by atoms with Crippen LogP contribution < -0.4 is 9.46 Å². The highest BCUT2D eigenvalue weighted by Crippen LogP contribution is 2.15. The number of nitrogens with one attached hydrogen (secondary N) is 1. The molecule has 1 aromatic carbocycles. The molecule has 0 bridgehead atoms. The molecule has 0 atom stereocenters. The van der Waals surface area contributed by atoms with Crippen LogP contribution in [0.15, 0.2) is 47.5 Å². The number of nitrogens with zero attached hydrogens (tertiary/aromatic N) is 1. The summed E-state index contributed by atoms with van der Waals surface area (Å²) in [6, 6.07) is 8.18. The molecule has 1 heterocycles. The van der Waals surface area contributed by atoms with Gasteiger partial charge in [-0.05, 0) is 42.8 Å². The van der Waals surface area contributed by atoms with Crippen molar-refractivity contribution in [3.63, 3.8) is 0 Å². The van der Waals surface area contributed by atoms with Gasteiger partial charge in [0.05, 0.1) is 24.2 Å². The molecule has 0 saturated heterocycles. The van der Waals surface area contributed by atoms with Crippen molar-refractivity contribution < 1.29 is 27.5 Å². The molecule has 1 N–H and O–H groups in total. The number of pyridine rings is 1. The monoisotopic (exact) mass is 378 g/mol. The molecular weight excluding hydrogens is 360 g/mol. The first-order valence-electron chi connectivity index (χ1n) is 7.71. The molecule has 0 spiro atoms. The van der Waals surface area contributed by atoms with E-state index in [1.807, 2.05) is 11.6 Å². The lowest BCUT2D eigenvalue weighted by Gasteiger charge is -2.08. The maximum Gasteiger partial charge on any atom is 0.356 e. The van der Waals surface area contributed by atoms with Crippen LogP contribution in [0.1, 0.15) is 34.2 Å². The van der Waals surface area contributed by atoms with Crippen LogP contribution in [0.2, 0.25) is 0 Å². The van der Waals surface area contributed by atoms with E-state index in [1.165, 1.54) is 43.5 Å². The number of benzene rings is 1. The van der Waals surface area contributed by atoms with Crippen LogP contribution in [0.4, 0.5) is 0 Å². The van der Waals surface area contributed by atoms with Crippen molar-refractivity contribution in [3.8, 4) is 5.75 Å². The lowest BCUT2D eigenvalue weighted by molar-refractivity contribution is 0.0497. The molecule has 0 unspecified atom stereocenters. The molecular formula is C17H18N2O6S. The van der Waals surface area contributed by atoms with E-state index >= 15 is 0 Å². The number of aromatic nitrogens is 1. The highest BCUT2D eigenvalue weighted by Gasteiger charge is 2.19. The smallest absolute Gasteiger partial charge is 0.356 e. The first kappa shape index (κ1) is 19.4. The summed E-state index contributed by atoms with van der Waals surface area (Å²) in [6.07, 6.45) is 1.79. The van der Waals surface area contributed by atoms with E-state index in [0.29, 0.717) is 12.2 Å². The van der Waals surface area contributed by atoms with Crippen molar-refractivity contribution in [1.82, 2.24) is 9.71 Å². The van der Waals surface area contributed by atoms with Crippen LogP contribution >= 0.6 is 0 Å². The molecule has 138 valence electrons. The van der Waals surface area contributed by atoms with Crippen molar-refractivity contribution >= 4 is 21.9 Å². The third kappa shape index (κ3) is 4.79. The van der Waals surface area contributed by atoms with Gasteiger partial charge in [0.25, 0.3) is 15.9 Å². The summed E-state index contributed by atoms with van der Waals surface area (Å²) < 4.78 is 36.3. The number of carbonyl (C=O) groups is 2. The highest BCUT2D eigenvalue weighted by molar-refractivity contribution is 7.90. The van der Waals surface area contributed by atoms with Gasteiger partial charge in [0.1, 0.15) is 11.4 Å². The number of hydrogen-bond acceptors (Lipinski definition) is 7. The van der Waals surface area contributed by atoms with Gasteiger partial charge in [-0.15, -0.1) is 0 Å². The Morgan fingerprint density at radius 1 is 1.12 bits per heavy atom. The molecule has 2 rings (SSSR count). The lowest BCUT2D eigenvalue weighted by Crippen LogP contribution is -2.30. The summed E-state index contributed by atoms with van der Waals surface area (Å²) >= 11 is 0. The topological polar surface area (TPSA) is 112 Å². The Morgan fingerprint density at radius 3 is 2.35 bits per heavy atom. The predicted molar refractivity (Wildman–Crippen MR) is 92.5 cm³/mol. The summed E-state index contributed by atoms with van der Waals surface area (Å²) in [5.74, 6) is -0.975. The second-order valence-corrected chi connectivity index (χ2v) is 6.86. The number of hydrogen-bond donors (Lipinski definition) is 1. The summed E-state index contributed by atoms with van der Waals surface area (Å²) in [4.78, 5) is 27.5. The Balaban J connectivity index is 2.09. The maximum atomic E-state index is 12.2. The van der Waals surface area contributed by atoms with Gasteiger partial charge >= 0.3 is 5.97 Å². The van der Waals surface area contributed by atoms with E-state index in [0.717, 1.165) is 6.20 Å². The molecule has 0 aliphatic heterocycles. The molecule has 9 heteroatoms. The Morgan fingerprint density at radius 2 is 1.81 bits per heavy atom. The zero-order valence-corrected chi connectivity index (χ0v) is 15.1. The summed E-state index contributed by atoms with van der Waals surface area (Å²) in [6.45, 7) is 2.13. The van der Waals surface area contributed by atoms with Crippen molar-refractivity contribution in [3.05, 3.63) is 53.9 Å². The number of rotatable bonds is 7. The summed E-state index contributed by atoms with van der Waals surface area (Å²) in [5.41, 5.74) is 0.0298. The fourth-order valence-electron chi connectivity index (χ4n) is 1.91. The van der Waals surface area contributed by atoms with Crippen molar-refractivity contribution in [2.45, 2.75) is 18.2 Å². The minimum Gasteiger partial charge on any atom is -0.497 e. The van der Waals surface area contributed by atoms with Crippen LogP contribution in [-0.2, 0) is 14.8 Å².